The number of hydrogen-bond donors (Lipinski definition) is 1. The molecule has 1 heterocycles. The Morgan fingerprint density at radius 2 is 2.36 bits per heavy atom. The van der Waals surface area contributed by atoms with E-state index >= 15 is 0 Å². The lowest BCUT2D eigenvalue weighted by molar-refractivity contribution is 0.0994. The number of amides is 1. The van der Waals surface area contributed by atoms with Gasteiger partial charge in [0.15, 0.2) is 11.6 Å². The molecule has 0 aliphatic rings. The van der Waals surface area contributed by atoms with E-state index in [0.29, 0.717) is 18.1 Å². The normalized spacial score (nSPS) is 10.0. The summed E-state index contributed by atoms with van der Waals surface area (Å²) < 4.78 is 5.11. The Morgan fingerprint density at radius 3 is 2.73 bits per heavy atom. The van der Waals surface area contributed by atoms with Gasteiger partial charge in [-0.15, -0.1) is 0 Å². The molecule has 0 aromatic carbocycles. The van der Waals surface area contributed by atoms with Crippen molar-refractivity contribution in [1.29, 1.82) is 0 Å². The fourth-order valence-corrected chi connectivity index (χ4v) is 0.901. The van der Waals surface area contributed by atoms with E-state index < -0.39 is 5.91 Å². The lowest BCUT2D eigenvalue weighted by Crippen LogP contribution is -2.13. The lowest BCUT2D eigenvalue weighted by Gasteiger charge is -1.89. The summed E-state index contributed by atoms with van der Waals surface area (Å²) in [6.07, 6.45) is 0.638. The molecule has 0 aliphatic carbocycles. The molecule has 0 unspecified atom stereocenters. The molecule has 11 heavy (non-hydrogen) atoms. The van der Waals surface area contributed by atoms with Crippen LogP contribution in [0, 0.1) is 6.92 Å². The number of hydrogen-bond acceptors (Lipinski definition) is 3. The third-order valence-corrected chi connectivity index (χ3v) is 1.36. The number of nitrogens with two attached hydrogens (primary N) is 1. The van der Waals surface area contributed by atoms with Gasteiger partial charge in [0.25, 0.3) is 5.91 Å². The Labute approximate surface area is 64.4 Å². The smallest absolute Gasteiger partial charge is 0.270 e. The third-order valence-electron chi connectivity index (χ3n) is 1.36. The predicted octanol–water partition coefficient (Wildman–Crippen LogP) is 0.644. The molecule has 0 spiro atoms. The highest BCUT2D eigenvalue weighted by atomic mass is 16.4. The number of aryl methyl sites for hydroxylation is 2. The number of aromatic nitrogens is 1. The predicted molar refractivity (Wildman–Crippen MR) is 39.1 cm³/mol. The summed E-state index contributed by atoms with van der Waals surface area (Å²) >= 11 is 0. The van der Waals surface area contributed by atoms with E-state index in [9.17, 15) is 4.79 Å². The van der Waals surface area contributed by atoms with Crippen LogP contribution in [0.5, 0.6) is 0 Å². The summed E-state index contributed by atoms with van der Waals surface area (Å²) in [7, 11) is 0. The first-order valence-electron chi connectivity index (χ1n) is 3.41. The minimum Gasteiger partial charge on any atom is -0.445 e. The molecule has 2 N–H and O–H groups in total. The van der Waals surface area contributed by atoms with Crippen LogP contribution < -0.4 is 5.73 Å². The molecular formula is C7H10N2O2. The van der Waals surface area contributed by atoms with Crippen molar-refractivity contribution in [2.24, 2.45) is 5.73 Å². The molecular weight excluding hydrogens is 144 g/mol. The molecule has 0 aliphatic heterocycles. The first-order valence-corrected chi connectivity index (χ1v) is 3.41. The molecule has 1 aromatic heterocycles. The summed E-state index contributed by atoms with van der Waals surface area (Å²) in [5.74, 6) is 0.518. The molecule has 1 rings (SSSR count). The van der Waals surface area contributed by atoms with Crippen molar-refractivity contribution in [1.82, 2.24) is 4.98 Å². The van der Waals surface area contributed by atoms with E-state index in [0.717, 1.165) is 0 Å². The highest BCUT2D eigenvalue weighted by Gasteiger charge is 2.13. The summed E-state index contributed by atoms with van der Waals surface area (Å²) in [5.41, 5.74) is 5.30. The fourth-order valence-electron chi connectivity index (χ4n) is 0.901. The first kappa shape index (κ1) is 7.78. The highest BCUT2D eigenvalue weighted by Crippen LogP contribution is 2.09. The van der Waals surface area contributed by atoms with E-state index in [1.54, 1.807) is 6.92 Å². The van der Waals surface area contributed by atoms with Gasteiger partial charge in [-0.05, 0) is 0 Å². The fraction of sp³-hybridized carbons (Fsp3) is 0.429. The second kappa shape index (κ2) is 2.74. The van der Waals surface area contributed by atoms with Crippen molar-refractivity contribution >= 4 is 5.91 Å². The Bertz CT molecular complexity index is 278. The molecule has 1 aromatic rings. The minimum absolute atomic E-state index is 0.255. The zero-order chi connectivity index (χ0) is 8.43. The van der Waals surface area contributed by atoms with Crippen molar-refractivity contribution in [3.63, 3.8) is 0 Å². The van der Waals surface area contributed by atoms with Crippen LogP contribution in [-0.2, 0) is 6.42 Å². The standard InChI is InChI=1S/C7H10N2O2/c1-3-5-6(7(8)10)9-4(2)11-5/h3H2,1-2H3,(H2,8,10). The van der Waals surface area contributed by atoms with Gasteiger partial charge in [0.05, 0.1) is 0 Å². The van der Waals surface area contributed by atoms with Crippen molar-refractivity contribution in [2.45, 2.75) is 20.3 Å². The minimum atomic E-state index is -0.529. The summed E-state index contributed by atoms with van der Waals surface area (Å²) in [6.45, 7) is 3.57. The topological polar surface area (TPSA) is 69.1 Å². The largest absolute Gasteiger partial charge is 0.445 e. The van der Waals surface area contributed by atoms with E-state index in [-0.39, 0.29) is 5.69 Å². The van der Waals surface area contributed by atoms with E-state index in [2.05, 4.69) is 4.98 Å². The molecule has 0 atom stereocenters. The zero-order valence-electron chi connectivity index (χ0n) is 6.55. The van der Waals surface area contributed by atoms with Gasteiger partial charge >= 0.3 is 0 Å². The Balaban J connectivity index is 3.12. The molecule has 4 heteroatoms. The number of oxazole rings is 1. The van der Waals surface area contributed by atoms with Gasteiger partial charge in [0.1, 0.15) is 5.76 Å². The van der Waals surface area contributed by atoms with Crippen molar-refractivity contribution in [3.8, 4) is 0 Å². The highest BCUT2D eigenvalue weighted by molar-refractivity contribution is 5.91. The maximum atomic E-state index is 10.7. The van der Waals surface area contributed by atoms with Crippen LogP contribution >= 0.6 is 0 Å². The van der Waals surface area contributed by atoms with Crippen molar-refractivity contribution in [2.75, 3.05) is 0 Å². The van der Waals surface area contributed by atoms with Gasteiger partial charge in [-0.2, -0.15) is 0 Å². The van der Waals surface area contributed by atoms with E-state index in [4.69, 9.17) is 10.2 Å². The van der Waals surface area contributed by atoms with Crippen LogP contribution in [0.2, 0.25) is 0 Å². The van der Waals surface area contributed by atoms with Crippen molar-refractivity contribution in [3.05, 3.63) is 17.3 Å². The van der Waals surface area contributed by atoms with Gasteiger partial charge in [-0.3, -0.25) is 4.79 Å². The molecule has 1 amide bonds. The summed E-state index contributed by atoms with van der Waals surface area (Å²) in [6, 6.07) is 0. The van der Waals surface area contributed by atoms with Crippen LogP contribution in [0.1, 0.15) is 29.1 Å². The van der Waals surface area contributed by atoms with Crippen LogP contribution in [-0.4, -0.2) is 10.9 Å². The van der Waals surface area contributed by atoms with E-state index in [1.807, 2.05) is 6.92 Å². The second-order valence-electron chi connectivity index (χ2n) is 2.22. The Hall–Kier alpha value is -1.32. The number of primary amides is 1. The summed E-state index contributed by atoms with van der Waals surface area (Å²) in [5, 5.41) is 0. The monoisotopic (exact) mass is 154 g/mol. The number of carbonyl (C=O) groups excluding carboxylic acids is 1. The number of rotatable bonds is 2. The zero-order valence-corrected chi connectivity index (χ0v) is 6.55. The lowest BCUT2D eigenvalue weighted by atomic mass is 10.3. The molecule has 0 saturated carbocycles. The maximum Gasteiger partial charge on any atom is 0.270 e. The van der Waals surface area contributed by atoms with Gasteiger partial charge in [0.2, 0.25) is 0 Å². The molecule has 4 nitrogen and oxygen atoms in total. The van der Waals surface area contributed by atoms with Gasteiger partial charge in [-0.25, -0.2) is 4.98 Å². The van der Waals surface area contributed by atoms with Crippen LogP contribution in [0.15, 0.2) is 4.42 Å². The van der Waals surface area contributed by atoms with Gasteiger partial charge in [-0.1, -0.05) is 6.92 Å². The number of carbonyl (C=O) groups is 1. The molecule has 0 saturated heterocycles. The van der Waals surface area contributed by atoms with Gasteiger partial charge < -0.3 is 10.2 Å². The van der Waals surface area contributed by atoms with Gasteiger partial charge in [0, 0.05) is 13.3 Å². The van der Waals surface area contributed by atoms with E-state index in [1.165, 1.54) is 0 Å². The SMILES string of the molecule is CCc1oc(C)nc1C(N)=O. The average Bonchev–Trinajstić information content (AvgIpc) is 2.30. The Kier molecular flexibility index (Phi) is 1.94. The average molecular weight is 154 g/mol. The maximum absolute atomic E-state index is 10.7. The summed E-state index contributed by atoms with van der Waals surface area (Å²) in [4.78, 5) is 14.5. The first-order chi connectivity index (χ1) is 5.15. The second-order valence-corrected chi connectivity index (χ2v) is 2.22. The number of nitrogens with zero attached hydrogens (tertiary/aromatic N) is 1. The van der Waals surface area contributed by atoms with Crippen LogP contribution in [0.4, 0.5) is 0 Å². The molecule has 0 fully saturated rings. The van der Waals surface area contributed by atoms with Crippen LogP contribution in [0.3, 0.4) is 0 Å². The molecule has 0 bridgehead atoms. The van der Waals surface area contributed by atoms with Crippen LogP contribution in [0.25, 0.3) is 0 Å². The Morgan fingerprint density at radius 1 is 1.73 bits per heavy atom. The van der Waals surface area contributed by atoms with Crippen molar-refractivity contribution < 1.29 is 9.21 Å². The quantitative estimate of drug-likeness (QED) is 0.679. The molecule has 60 valence electrons. The third kappa shape index (κ3) is 1.39. The molecule has 0 radical (unpaired) electrons.